The van der Waals surface area contributed by atoms with Crippen LogP contribution >= 0.6 is 0 Å². The van der Waals surface area contributed by atoms with E-state index >= 15 is 0 Å². The van der Waals surface area contributed by atoms with Crippen molar-refractivity contribution >= 4 is 5.69 Å². The van der Waals surface area contributed by atoms with Crippen molar-refractivity contribution in [3.63, 3.8) is 0 Å². The lowest BCUT2D eigenvalue weighted by atomic mass is 10.1. The van der Waals surface area contributed by atoms with Gasteiger partial charge < -0.3 is 10.4 Å². The van der Waals surface area contributed by atoms with Crippen molar-refractivity contribution in [2.75, 3.05) is 5.32 Å². The van der Waals surface area contributed by atoms with Crippen LogP contribution in [0, 0.1) is 11.3 Å². The maximum absolute atomic E-state index is 12.5. The van der Waals surface area contributed by atoms with Crippen LogP contribution in [0.4, 0.5) is 18.9 Å². The maximum Gasteiger partial charge on any atom is 0.409 e. The summed E-state index contributed by atoms with van der Waals surface area (Å²) in [5.74, 6) is 0. The molecular formula is C16H20F3N2O-. The molecule has 1 aromatic rings. The molecular weight excluding hydrogens is 293 g/mol. The van der Waals surface area contributed by atoms with Crippen LogP contribution < -0.4 is 10.4 Å². The number of hydrogen-bond acceptors (Lipinski definition) is 3. The van der Waals surface area contributed by atoms with Crippen molar-refractivity contribution < 1.29 is 18.3 Å². The Morgan fingerprint density at radius 2 is 1.68 bits per heavy atom. The highest BCUT2D eigenvalue weighted by Gasteiger charge is 2.46. The fourth-order valence-electron chi connectivity index (χ4n) is 2.05. The topological polar surface area (TPSA) is 58.9 Å². The van der Waals surface area contributed by atoms with E-state index in [4.69, 9.17) is 5.26 Å². The minimum Gasteiger partial charge on any atom is -0.816 e. The quantitative estimate of drug-likeness (QED) is 0.587. The average molecular weight is 313 g/mol. The average Bonchev–Trinajstić information content (AvgIpc) is 2.47. The van der Waals surface area contributed by atoms with Crippen LogP contribution in [0.1, 0.15) is 44.6 Å². The number of nitrogens with one attached hydrogen (secondary N) is 1. The summed E-state index contributed by atoms with van der Waals surface area (Å²) in [6.07, 6.45) is 1.39. The van der Waals surface area contributed by atoms with Gasteiger partial charge in [0.15, 0.2) is 5.72 Å². The minimum atomic E-state index is -5.18. The van der Waals surface area contributed by atoms with Gasteiger partial charge in [-0.15, -0.1) is 0 Å². The molecule has 1 rings (SSSR count). The first-order valence-electron chi connectivity index (χ1n) is 7.38. The molecule has 1 unspecified atom stereocenters. The monoisotopic (exact) mass is 313 g/mol. The second-order valence-corrected chi connectivity index (χ2v) is 5.28. The summed E-state index contributed by atoms with van der Waals surface area (Å²) in [4.78, 5) is 0. The number of nitriles is 1. The van der Waals surface area contributed by atoms with E-state index in [0.717, 1.165) is 30.9 Å². The zero-order valence-electron chi connectivity index (χ0n) is 12.5. The number of nitrogens with zero attached hydrogens (tertiary/aromatic N) is 1. The standard InChI is InChI=1S/C16H20F3N2O/c1-2-3-4-5-6-7-13-8-10-14(11-9-13)21-15(22,12-20)16(17,18)19/h8-11,21H,2-7H2,1H3/q-1. The van der Waals surface area contributed by atoms with Gasteiger partial charge in [0.25, 0.3) is 0 Å². The van der Waals surface area contributed by atoms with E-state index in [1.807, 2.05) is 0 Å². The Morgan fingerprint density at radius 1 is 1.09 bits per heavy atom. The summed E-state index contributed by atoms with van der Waals surface area (Å²) in [5.41, 5.74) is -2.83. The molecule has 3 nitrogen and oxygen atoms in total. The third-order valence-electron chi connectivity index (χ3n) is 3.40. The Kier molecular flexibility index (Phi) is 6.69. The van der Waals surface area contributed by atoms with E-state index in [1.54, 1.807) is 17.4 Å². The van der Waals surface area contributed by atoms with E-state index in [2.05, 4.69) is 6.92 Å². The van der Waals surface area contributed by atoms with Crippen molar-refractivity contribution in [1.82, 2.24) is 0 Å². The summed E-state index contributed by atoms with van der Waals surface area (Å²) < 4.78 is 37.6. The lowest BCUT2D eigenvalue weighted by Crippen LogP contribution is -2.61. The Labute approximate surface area is 128 Å². The first-order valence-corrected chi connectivity index (χ1v) is 7.38. The lowest BCUT2D eigenvalue weighted by Gasteiger charge is -2.36. The van der Waals surface area contributed by atoms with Crippen LogP contribution in [0.2, 0.25) is 0 Å². The minimum absolute atomic E-state index is 0.0105. The van der Waals surface area contributed by atoms with Gasteiger partial charge in [-0.3, -0.25) is 0 Å². The summed E-state index contributed by atoms with van der Waals surface area (Å²) >= 11 is 0. The van der Waals surface area contributed by atoms with Crippen LogP contribution in [-0.2, 0) is 6.42 Å². The highest BCUT2D eigenvalue weighted by atomic mass is 19.4. The number of rotatable bonds is 8. The van der Waals surface area contributed by atoms with Crippen LogP contribution in [0.3, 0.4) is 0 Å². The van der Waals surface area contributed by atoms with Crippen LogP contribution in [0.5, 0.6) is 0 Å². The number of alkyl halides is 3. The van der Waals surface area contributed by atoms with Crippen molar-refractivity contribution in [2.45, 2.75) is 57.3 Å². The van der Waals surface area contributed by atoms with E-state index < -0.39 is 11.9 Å². The van der Waals surface area contributed by atoms with Gasteiger partial charge in [0.1, 0.15) is 0 Å². The van der Waals surface area contributed by atoms with Gasteiger partial charge in [-0.2, -0.15) is 18.4 Å². The largest absolute Gasteiger partial charge is 0.816 e. The lowest BCUT2D eigenvalue weighted by molar-refractivity contribution is -0.507. The van der Waals surface area contributed by atoms with Gasteiger partial charge in [0.05, 0.1) is 6.07 Å². The van der Waals surface area contributed by atoms with Crippen molar-refractivity contribution in [3.8, 4) is 6.07 Å². The Balaban J connectivity index is 2.57. The molecule has 0 aromatic heterocycles. The number of anilines is 1. The molecule has 0 aliphatic rings. The van der Waals surface area contributed by atoms with E-state index in [0.29, 0.717) is 0 Å². The second-order valence-electron chi connectivity index (χ2n) is 5.28. The zero-order valence-corrected chi connectivity index (χ0v) is 12.5. The molecule has 0 spiro atoms. The van der Waals surface area contributed by atoms with Gasteiger partial charge in [0.2, 0.25) is 0 Å². The molecule has 0 aliphatic heterocycles. The summed E-state index contributed by atoms with van der Waals surface area (Å²) in [6, 6.07) is 6.90. The van der Waals surface area contributed by atoms with Crippen molar-refractivity contribution in [3.05, 3.63) is 29.8 Å². The van der Waals surface area contributed by atoms with E-state index in [-0.39, 0.29) is 5.69 Å². The molecule has 6 heteroatoms. The molecule has 22 heavy (non-hydrogen) atoms. The highest BCUT2D eigenvalue weighted by Crippen LogP contribution is 2.29. The fraction of sp³-hybridized carbons (Fsp3) is 0.562. The molecule has 0 saturated carbocycles. The normalized spacial score (nSPS) is 14.2. The Bertz CT molecular complexity index is 494. The van der Waals surface area contributed by atoms with Gasteiger partial charge in [0, 0.05) is 5.69 Å². The highest BCUT2D eigenvalue weighted by molar-refractivity contribution is 5.48. The SMILES string of the molecule is CCCCCCCc1ccc(NC([O-])(C#N)C(F)(F)F)cc1. The summed E-state index contributed by atoms with van der Waals surface area (Å²) in [7, 11) is 0. The fourth-order valence-corrected chi connectivity index (χ4v) is 2.05. The molecule has 0 heterocycles. The number of unbranched alkanes of at least 4 members (excludes halogenated alkanes) is 4. The number of aryl methyl sites for hydroxylation is 1. The molecule has 0 radical (unpaired) electrons. The molecule has 0 saturated heterocycles. The molecule has 122 valence electrons. The predicted octanol–water partition coefficient (Wildman–Crippen LogP) is 3.75. The molecule has 1 aromatic carbocycles. The van der Waals surface area contributed by atoms with Crippen molar-refractivity contribution in [2.24, 2.45) is 0 Å². The Morgan fingerprint density at radius 3 is 2.18 bits per heavy atom. The number of hydrogen-bond donors (Lipinski definition) is 1. The van der Waals surface area contributed by atoms with Gasteiger partial charge in [-0.1, -0.05) is 44.7 Å². The van der Waals surface area contributed by atoms with E-state index in [1.165, 1.54) is 31.4 Å². The van der Waals surface area contributed by atoms with Crippen LogP contribution in [0.25, 0.3) is 0 Å². The van der Waals surface area contributed by atoms with Crippen molar-refractivity contribution in [1.29, 1.82) is 5.26 Å². The van der Waals surface area contributed by atoms with E-state index in [9.17, 15) is 18.3 Å². The number of halogens is 3. The first-order chi connectivity index (χ1) is 10.3. The summed E-state index contributed by atoms with van der Waals surface area (Å²) in [6.45, 7) is 2.14. The third-order valence-corrected chi connectivity index (χ3v) is 3.40. The van der Waals surface area contributed by atoms with Gasteiger partial charge in [-0.05, 0) is 30.5 Å². The third kappa shape index (κ3) is 5.23. The molecule has 0 amide bonds. The molecule has 1 atom stereocenters. The van der Waals surface area contributed by atoms with Crippen LogP contribution in [-0.4, -0.2) is 11.9 Å². The molecule has 0 aliphatic carbocycles. The molecule has 0 bridgehead atoms. The molecule has 0 fully saturated rings. The van der Waals surface area contributed by atoms with Gasteiger partial charge >= 0.3 is 6.18 Å². The molecule has 1 N–H and O–H groups in total. The number of benzene rings is 1. The smallest absolute Gasteiger partial charge is 0.409 e. The Hall–Kier alpha value is -1.74. The van der Waals surface area contributed by atoms with Gasteiger partial charge in [-0.25, -0.2) is 0 Å². The summed E-state index contributed by atoms with van der Waals surface area (Å²) in [5, 5.41) is 21.6. The maximum atomic E-state index is 12.5. The first kappa shape index (κ1) is 18.3. The second kappa shape index (κ2) is 8.04. The van der Waals surface area contributed by atoms with Crippen LogP contribution in [0.15, 0.2) is 24.3 Å². The zero-order chi connectivity index (χ0) is 16.6. The predicted molar refractivity (Wildman–Crippen MR) is 76.9 cm³/mol.